The number of rotatable bonds is 9. The molecule has 0 aromatic carbocycles. The Morgan fingerprint density at radius 2 is 1.90 bits per heavy atom. The van der Waals surface area contributed by atoms with E-state index in [1.165, 1.54) is 0 Å². The molecule has 6 heteroatoms. The van der Waals surface area contributed by atoms with Crippen LogP contribution in [0.5, 0.6) is 0 Å². The fourth-order valence-electron chi connectivity index (χ4n) is 2.78. The SMILES string of the molecule is CCC(CCNS(=O)(=O)C1CCCCC1)CCC(=O)O. The third-order valence-electron chi connectivity index (χ3n) is 4.19. The number of carboxylic acid groups (broad SMARTS) is 1. The molecule has 0 spiro atoms. The van der Waals surface area contributed by atoms with Crippen LogP contribution in [-0.2, 0) is 14.8 Å². The maximum absolute atomic E-state index is 12.1. The summed E-state index contributed by atoms with van der Waals surface area (Å²) in [5.74, 6) is -0.508. The Kier molecular flexibility index (Phi) is 7.51. The Morgan fingerprint density at radius 3 is 2.45 bits per heavy atom. The van der Waals surface area contributed by atoms with Crippen LogP contribution >= 0.6 is 0 Å². The van der Waals surface area contributed by atoms with Crippen LogP contribution in [0.2, 0.25) is 0 Å². The van der Waals surface area contributed by atoms with E-state index < -0.39 is 16.0 Å². The highest BCUT2D eigenvalue weighted by Crippen LogP contribution is 2.23. The molecule has 1 saturated carbocycles. The smallest absolute Gasteiger partial charge is 0.303 e. The van der Waals surface area contributed by atoms with Crippen LogP contribution in [0.3, 0.4) is 0 Å². The van der Waals surface area contributed by atoms with Crippen molar-refractivity contribution in [3.05, 3.63) is 0 Å². The Hall–Kier alpha value is -0.620. The second-order valence-electron chi connectivity index (χ2n) is 5.69. The summed E-state index contributed by atoms with van der Waals surface area (Å²) in [6.07, 6.45) is 7.07. The standard InChI is InChI=1S/C14H27NO4S/c1-2-12(8-9-14(16)17)10-11-15-20(18,19)13-6-4-3-5-7-13/h12-13,15H,2-11H2,1H3,(H,16,17). The lowest BCUT2D eigenvalue weighted by Crippen LogP contribution is -2.36. The Bertz CT molecular complexity index is 388. The summed E-state index contributed by atoms with van der Waals surface area (Å²) in [6.45, 7) is 2.44. The van der Waals surface area contributed by atoms with Crippen LogP contribution < -0.4 is 4.72 Å². The van der Waals surface area contributed by atoms with Crippen molar-refractivity contribution in [1.29, 1.82) is 0 Å². The van der Waals surface area contributed by atoms with Gasteiger partial charge in [0.05, 0.1) is 5.25 Å². The van der Waals surface area contributed by atoms with E-state index in [1.54, 1.807) is 0 Å². The van der Waals surface area contributed by atoms with Gasteiger partial charge in [-0.05, 0) is 31.6 Å². The summed E-state index contributed by atoms with van der Waals surface area (Å²) < 4.78 is 26.9. The lowest BCUT2D eigenvalue weighted by atomic mass is 9.97. The van der Waals surface area contributed by atoms with Gasteiger partial charge in [0.25, 0.3) is 0 Å². The molecule has 1 rings (SSSR count). The normalized spacial score (nSPS) is 18.9. The van der Waals surface area contributed by atoms with E-state index in [0.29, 0.717) is 13.0 Å². The summed E-state index contributed by atoms with van der Waals surface area (Å²) in [5, 5.41) is 8.44. The number of hydrogen-bond acceptors (Lipinski definition) is 3. The first-order chi connectivity index (χ1) is 9.45. The number of hydrogen-bond donors (Lipinski definition) is 2. The maximum Gasteiger partial charge on any atom is 0.303 e. The highest BCUT2D eigenvalue weighted by molar-refractivity contribution is 7.90. The van der Waals surface area contributed by atoms with Crippen molar-refractivity contribution in [1.82, 2.24) is 4.72 Å². The Balaban J connectivity index is 2.31. The predicted octanol–water partition coefficient (Wildman–Crippen LogP) is 2.52. The van der Waals surface area contributed by atoms with Gasteiger partial charge in [0.2, 0.25) is 10.0 Å². The molecule has 0 saturated heterocycles. The zero-order chi connectivity index (χ0) is 15.0. The molecule has 0 radical (unpaired) electrons. The molecule has 1 atom stereocenters. The van der Waals surface area contributed by atoms with Crippen LogP contribution in [0, 0.1) is 5.92 Å². The van der Waals surface area contributed by atoms with Crippen molar-refractivity contribution >= 4 is 16.0 Å². The van der Waals surface area contributed by atoms with Crippen molar-refractivity contribution in [3.8, 4) is 0 Å². The summed E-state index contributed by atoms with van der Waals surface area (Å²) in [7, 11) is -3.18. The molecule has 0 heterocycles. The second-order valence-corrected chi connectivity index (χ2v) is 7.74. The van der Waals surface area contributed by atoms with Crippen LogP contribution in [-0.4, -0.2) is 31.3 Å². The van der Waals surface area contributed by atoms with Gasteiger partial charge in [0.15, 0.2) is 0 Å². The first-order valence-electron chi connectivity index (χ1n) is 7.66. The highest BCUT2D eigenvalue weighted by Gasteiger charge is 2.26. The van der Waals surface area contributed by atoms with Gasteiger partial charge in [-0.2, -0.15) is 0 Å². The van der Waals surface area contributed by atoms with Crippen LogP contribution in [0.25, 0.3) is 0 Å². The lowest BCUT2D eigenvalue weighted by molar-refractivity contribution is -0.137. The number of sulfonamides is 1. The Morgan fingerprint density at radius 1 is 1.25 bits per heavy atom. The summed E-state index contributed by atoms with van der Waals surface area (Å²) in [5.41, 5.74) is 0. The third-order valence-corrected chi connectivity index (χ3v) is 6.15. The largest absolute Gasteiger partial charge is 0.481 e. The first-order valence-corrected chi connectivity index (χ1v) is 9.20. The molecule has 20 heavy (non-hydrogen) atoms. The van der Waals surface area contributed by atoms with E-state index in [-0.39, 0.29) is 17.6 Å². The molecule has 5 nitrogen and oxygen atoms in total. The number of nitrogens with one attached hydrogen (secondary N) is 1. The van der Waals surface area contributed by atoms with Crippen molar-refractivity contribution < 1.29 is 18.3 Å². The first kappa shape index (κ1) is 17.4. The summed E-state index contributed by atoms with van der Waals surface area (Å²) in [6, 6.07) is 0. The number of carboxylic acids is 1. The van der Waals surface area contributed by atoms with Crippen LogP contribution in [0.4, 0.5) is 0 Å². The fraction of sp³-hybridized carbons (Fsp3) is 0.929. The van der Waals surface area contributed by atoms with Crippen molar-refractivity contribution in [2.45, 2.75) is 70.0 Å². The third kappa shape index (κ3) is 6.22. The molecule has 1 unspecified atom stereocenters. The molecule has 0 aromatic rings. The molecule has 0 amide bonds. The average Bonchev–Trinajstić information content (AvgIpc) is 2.43. The number of carbonyl (C=O) groups is 1. The molecule has 0 aliphatic heterocycles. The van der Waals surface area contributed by atoms with E-state index in [9.17, 15) is 13.2 Å². The Labute approximate surface area is 122 Å². The lowest BCUT2D eigenvalue weighted by Gasteiger charge is -2.22. The monoisotopic (exact) mass is 305 g/mol. The minimum Gasteiger partial charge on any atom is -0.481 e. The van der Waals surface area contributed by atoms with E-state index in [2.05, 4.69) is 4.72 Å². The predicted molar refractivity (Wildman–Crippen MR) is 79.1 cm³/mol. The molecule has 0 aromatic heterocycles. The van der Waals surface area contributed by atoms with Crippen LogP contribution in [0.1, 0.15) is 64.7 Å². The van der Waals surface area contributed by atoms with Gasteiger partial charge in [-0.1, -0.05) is 32.6 Å². The zero-order valence-corrected chi connectivity index (χ0v) is 13.1. The van der Waals surface area contributed by atoms with E-state index in [4.69, 9.17) is 5.11 Å². The fourth-order valence-corrected chi connectivity index (χ4v) is 4.37. The molecule has 0 bridgehead atoms. The van der Waals surface area contributed by atoms with E-state index in [1.807, 2.05) is 6.92 Å². The topological polar surface area (TPSA) is 83.5 Å². The van der Waals surface area contributed by atoms with Gasteiger partial charge in [-0.3, -0.25) is 4.79 Å². The molecular formula is C14H27NO4S. The minimum atomic E-state index is -3.18. The van der Waals surface area contributed by atoms with E-state index in [0.717, 1.165) is 44.9 Å². The molecule has 1 aliphatic rings. The average molecular weight is 305 g/mol. The molecule has 1 aliphatic carbocycles. The van der Waals surface area contributed by atoms with Gasteiger partial charge >= 0.3 is 5.97 Å². The molecule has 118 valence electrons. The number of aliphatic carboxylic acids is 1. The van der Waals surface area contributed by atoms with Gasteiger partial charge in [-0.15, -0.1) is 0 Å². The van der Waals surface area contributed by atoms with Crippen molar-refractivity contribution in [2.24, 2.45) is 5.92 Å². The maximum atomic E-state index is 12.1. The van der Waals surface area contributed by atoms with Gasteiger partial charge in [0, 0.05) is 13.0 Å². The molecule has 2 N–H and O–H groups in total. The zero-order valence-electron chi connectivity index (χ0n) is 12.3. The van der Waals surface area contributed by atoms with Gasteiger partial charge in [-0.25, -0.2) is 13.1 Å². The van der Waals surface area contributed by atoms with Gasteiger partial charge < -0.3 is 5.11 Å². The quantitative estimate of drug-likeness (QED) is 0.685. The molecular weight excluding hydrogens is 278 g/mol. The molecule has 1 fully saturated rings. The second kappa shape index (κ2) is 8.62. The summed E-state index contributed by atoms with van der Waals surface area (Å²) in [4.78, 5) is 10.5. The minimum absolute atomic E-state index is 0.161. The summed E-state index contributed by atoms with van der Waals surface area (Å²) >= 11 is 0. The van der Waals surface area contributed by atoms with Gasteiger partial charge in [0.1, 0.15) is 0 Å². The highest BCUT2D eigenvalue weighted by atomic mass is 32.2. The van der Waals surface area contributed by atoms with Crippen molar-refractivity contribution in [3.63, 3.8) is 0 Å². The van der Waals surface area contributed by atoms with Crippen molar-refractivity contribution in [2.75, 3.05) is 6.54 Å². The van der Waals surface area contributed by atoms with Crippen LogP contribution in [0.15, 0.2) is 0 Å². The van der Waals surface area contributed by atoms with E-state index >= 15 is 0 Å².